The van der Waals surface area contributed by atoms with Crippen molar-refractivity contribution in [3.8, 4) is 34.4 Å². The molecule has 34 heteroatoms. The summed E-state index contributed by atoms with van der Waals surface area (Å²) < 4.78 is 115. The molecule has 12 rings (SSSR count). The molecule has 9 aromatic rings. The zero-order chi connectivity index (χ0) is 87.4. The van der Waals surface area contributed by atoms with Gasteiger partial charge in [-0.1, -0.05) is 189 Å². The average molecular weight is 1720 g/mol. The van der Waals surface area contributed by atoms with E-state index in [1.54, 1.807) is 69.1 Å². The number of aromatic nitrogens is 6. The van der Waals surface area contributed by atoms with Crippen LogP contribution in [0.5, 0.6) is 17.2 Å². The maximum Gasteiger partial charge on any atom is 0.475 e. The fourth-order valence-corrected chi connectivity index (χ4v) is 23.1. The van der Waals surface area contributed by atoms with Crippen molar-refractivity contribution in [2.75, 3.05) is 73.0 Å². The van der Waals surface area contributed by atoms with Crippen LogP contribution in [0.2, 0.25) is 16.6 Å². The number of hydrogen-bond acceptors (Lipinski definition) is 25. The van der Waals surface area contributed by atoms with E-state index in [-0.39, 0.29) is 64.8 Å². The van der Waals surface area contributed by atoms with E-state index in [0.29, 0.717) is 39.5 Å². The van der Waals surface area contributed by atoms with E-state index < -0.39 is 127 Å². The highest BCUT2D eigenvalue weighted by molar-refractivity contribution is 7.48. The number of nitriles is 1. The van der Waals surface area contributed by atoms with Gasteiger partial charge >= 0.3 is 19.6 Å². The lowest BCUT2D eigenvalue weighted by Gasteiger charge is -2.42. The number of alkyl carbamates (subject to hydrolysis) is 1. The number of nitrogens with one attached hydrogen (secondary N) is 3. The third-order valence-electron chi connectivity index (χ3n) is 22.5. The maximum atomic E-state index is 18.4. The minimum Gasteiger partial charge on any atom is -0.497 e. The van der Waals surface area contributed by atoms with Gasteiger partial charge in [-0.25, -0.2) is 43.9 Å². The number of nitrogens with zero attached hydrogens (tertiary/aromatic N) is 11. The second-order valence-corrected chi connectivity index (χ2v) is 38.2. The smallest absolute Gasteiger partial charge is 0.475 e. The van der Waals surface area contributed by atoms with E-state index in [0.717, 1.165) is 65.6 Å². The quantitative estimate of drug-likeness (QED) is 0.00368. The predicted molar refractivity (Wildman–Crippen MR) is 461 cm³/mol. The summed E-state index contributed by atoms with van der Waals surface area (Å²) in [5.74, 6) is 0.0283. The molecule has 6 aromatic carbocycles. The van der Waals surface area contributed by atoms with Gasteiger partial charge in [0.2, 0.25) is 14.2 Å². The Labute approximate surface area is 716 Å². The molecule has 0 bridgehead atoms. The summed E-state index contributed by atoms with van der Waals surface area (Å²) in [5.41, 5.74) is 6.80. The van der Waals surface area contributed by atoms with Crippen molar-refractivity contribution in [3.05, 3.63) is 220 Å². The Bertz CT molecular complexity index is 5120. The monoisotopic (exact) mass is 1720 g/mol. The minimum absolute atomic E-state index is 0.0445. The number of ether oxygens (including phenoxy) is 8. The van der Waals surface area contributed by atoms with Gasteiger partial charge in [-0.2, -0.15) is 15.4 Å². The largest absolute Gasteiger partial charge is 0.497 e. The highest BCUT2D eigenvalue weighted by atomic mass is 31.2. The van der Waals surface area contributed by atoms with Crippen LogP contribution in [0.25, 0.3) is 22.3 Å². The molecule has 0 radical (unpaired) electrons. The normalized spacial score (nSPS) is 19.1. The molecule has 3 amide bonds. The first-order valence-corrected chi connectivity index (χ1v) is 45.0. The molecule has 2 saturated heterocycles. The molecule has 0 saturated carbocycles. The van der Waals surface area contributed by atoms with Crippen LogP contribution in [0.15, 0.2) is 197 Å². The number of methoxy groups -OCH3 is 3. The molecule has 123 heavy (non-hydrogen) atoms. The molecule has 10 atom stereocenters. The van der Waals surface area contributed by atoms with Gasteiger partial charge in [-0.05, 0) is 116 Å². The molecule has 3 aliphatic rings. The summed E-state index contributed by atoms with van der Waals surface area (Å²) in [6.07, 6.45) is -3.81. The van der Waals surface area contributed by atoms with Gasteiger partial charge in [0.15, 0.2) is 35.6 Å². The first-order chi connectivity index (χ1) is 59.5. The first kappa shape index (κ1) is 91.2. The van der Waals surface area contributed by atoms with E-state index in [2.05, 4.69) is 107 Å². The van der Waals surface area contributed by atoms with Gasteiger partial charge in [0.05, 0.1) is 66.3 Å². The van der Waals surface area contributed by atoms with Crippen LogP contribution >= 0.6 is 7.82 Å². The van der Waals surface area contributed by atoms with Crippen LogP contribution < -0.4 is 36.0 Å². The number of unbranched alkanes of at least 4 members (excludes halogenated alkanes) is 2. The van der Waals surface area contributed by atoms with Crippen molar-refractivity contribution in [2.45, 2.75) is 184 Å². The number of phosphoric ester groups is 1. The Morgan fingerprint density at radius 1 is 0.715 bits per heavy atom. The van der Waals surface area contributed by atoms with Crippen molar-refractivity contribution < 1.29 is 79.2 Å². The molecule has 2 aliphatic heterocycles. The lowest BCUT2D eigenvalue weighted by atomic mass is 9.80. The van der Waals surface area contributed by atoms with Gasteiger partial charge in [0, 0.05) is 38.5 Å². The number of hydrogen-bond donors (Lipinski definition) is 3. The SMILES string of the molecule is CCCCN(/C=N/c1ncnc2c1ncn2[C@@H]1O[C@H](COP(=O)(OCCC#N)O[C@H]2[C@@H](OCO[Si](C(C)C)(C(C)C)C(C)C)[C@H](n3ccc(NC(C)=O)nc3=O)O[C@@H]2COC(c2ccccc2)(c2ccc(OC)cc2)c2ccc(OC)cc2)[C@@H](N=NNC(=O)[C@H](Cc2ccc(OC)cc2)NC(=O)OCC2c3ccccc3-c3ccccc32)[C@H]1F)CCCC. The zero-order valence-corrected chi connectivity index (χ0v) is 73.1. The number of carbonyl (C=O) groups is 3. The predicted octanol–water partition coefficient (Wildman–Crippen LogP) is 15.7. The summed E-state index contributed by atoms with van der Waals surface area (Å²) in [5, 5.41) is 24.0. The first-order valence-electron chi connectivity index (χ1n) is 41.4. The van der Waals surface area contributed by atoms with Crippen LogP contribution in [-0.2, 0) is 67.9 Å². The van der Waals surface area contributed by atoms with E-state index in [9.17, 15) is 24.4 Å². The fourth-order valence-electron chi connectivity index (χ4n) is 16.5. The number of amides is 3. The minimum atomic E-state index is -5.34. The Morgan fingerprint density at radius 3 is 1.89 bits per heavy atom. The van der Waals surface area contributed by atoms with Crippen LogP contribution in [-0.4, -0.2) is 177 Å². The number of halogens is 1. The van der Waals surface area contributed by atoms with Crippen molar-refractivity contribution in [1.29, 1.82) is 5.26 Å². The molecule has 3 aromatic heterocycles. The number of aliphatic imine (C=N–C) groups is 1. The van der Waals surface area contributed by atoms with Gasteiger partial charge in [0.25, 0.3) is 5.91 Å². The summed E-state index contributed by atoms with van der Waals surface area (Å²) in [6, 6.07) is 46.8. The zero-order valence-electron chi connectivity index (χ0n) is 71.2. The van der Waals surface area contributed by atoms with Crippen molar-refractivity contribution in [3.63, 3.8) is 0 Å². The summed E-state index contributed by atoms with van der Waals surface area (Å²) in [6.45, 7) is 17.1. The van der Waals surface area contributed by atoms with Crippen LogP contribution in [0, 0.1) is 11.3 Å². The van der Waals surface area contributed by atoms with E-state index in [1.807, 2.05) is 109 Å². The number of anilines is 1. The van der Waals surface area contributed by atoms with E-state index in [1.165, 1.54) is 43.5 Å². The Morgan fingerprint density at radius 2 is 1.31 bits per heavy atom. The average Bonchev–Trinajstić information content (AvgIpc) is 1.61. The Hall–Kier alpha value is -11.0. The maximum absolute atomic E-state index is 18.4. The second kappa shape index (κ2) is 42.4. The third kappa shape index (κ3) is 21.3. The van der Waals surface area contributed by atoms with Crippen LogP contribution in [0.3, 0.4) is 0 Å². The molecule has 1 aliphatic carbocycles. The van der Waals surface area contributed by atoms with Gasteiger partial charge < -0.3 is 57.9 Å². The number of benzene rings is 6. The third-order valence-corrected chi connectivity index (χ3v) is 30.0. The molecule has 1 unspecified atom stereocenters. The number of fused-ring (bicyclic) bond motifs is 4. The van der Waals surface area contributed by atoms with Crippen molar-refractivity contribution in [2.24, 2.45) is 15.3 Å². The van der Waals surface area contributed by atoms with Gasteiger partial charge in [0.1, 0.15) is 84.9 Å². The second-order valence-electron chi connectivity index (χ2n) is 31.1. The topological polar surface area (TPSA) is 358 Å². The summed E-state index contributed by atoms with van der Waals surface area (Å²) in [4.78, 5) is 80.8. The molecule has 5 heterocycles. The standard InChI is InChI=1S/C89H108FN14O17PSi/c1-13-15-45-102(46-16-14-2)54-95-82-79-83(93-53-92-82)104(55-94-79)85-77(90)78(99-101-100-84(106)73(49-61-31-37-65(110-10)38-32-61)97-88(108)113-50-72-70-29-22-20-27-68(70)69-28-21-23-30-71(69)72)74(119-85)52-117-122(109,116-48-24-44-91)121-80-75(51-115-89(62-25-18-17-19-26-62,63-33-39-66(111-11)40-34-63)64-35-41-67(112-12)42-36-64)120-86(103-47-43-76(96-60(9)105)98-87(103)107)81(80)114-56-118-123(57(3)4,58(5)6)59(7)8/h17-23,25-43,47,53-55,57-59,72-75,77-78,80-81,85-86H,13-16,24,45-46,48-52,56H2,1-12H3,(H,97,108)(H,99,100,106)(H,96,98,105,107)/b95-54+/t73-,74+,75+,77+,78+,80+,81+,85+,86+,122?/m0/s1. The summed E-state index contributed by atoms with van der Waals surface area (Å²) >= 11 is 0. The highest BCUT2D eigenvalue weighted by Gasteiger charge is 2.55. The molecule has 31 nitrogen and oxygen atoms in total. The number of rotatable bonds is 43. The number of alkyl halides is 1. The Kier molecular flexibility index (Phi) is 31.4. The van der Waals surface area contributed by atoms with Gasteiger partial charge in [-0.15, -0.1) is 0 Å². The summed E-state index contributed by atoms with van der Waals surface area (Å²) in [7, 11) is -3.54. The molecule has 0 spiro atoms. The molecular weight excluding hydrogens is 1620 g/mol. The number of carbonyl (C=O) groups excluding carboxylic acids is 3. The fraction of sp³-hybridized carbons (Fsp3) is 0.438. The lowest BCUT2D eigenvalue weighted by Crippen LogP contribution is -2.49. The van der Waals surface area contributed by atoms with Crippen molar-refractivity contribution >= 4 is 63.2 Å². The molecule has 3 N–H and O–H groups in total. The Balaban J connectivity index is 0.930. The van der Waals surface area contributed by atoms with Crippen LogP contribution in [0.4, 0.5) is 20.8 Å². The molecule has 652 valence electrons. The van der Waals surface area contributed by atoms with Crippen LogP contribution in [0.1, 0.15) is 146 Å². The van der Waals surface area contributed by atoms with Crippen molar-refractivity contribution in [1.82, 2.24) is 44.7 Å². The number of phosphoric acid groups is 1. The highest BCUT2D eigenvalue weighted by Crippen LogP contribution is 2.56. The van der Waals surface area contributed by atoms with E-state index >= 15 is 8.96 Å². The van der Waals surface area contributed by atoms with E-state index in [4.69, 9.17) is 60.9 Å². The number of imidazole rings is 1. The van der Waals surface area contributed by atoms with Gasteiger partial charge in [-0.3, -0.25) is 32.3 Å². The lowest BCUT2D eigenvalue weighted by molar-refractivity contribution is -0.123. The molecule has 2 fully saturated rings. The molecular formula is C89H108FN14O17PSi.